The molecule has 0 aliphatic carbocycles. The van der Waals surface area contributed by atoms with Crippen molar-refractivity contribution in [1.29, 1.82) is 0 Å². The zero-order valence-electron chi connectivity index (χ0n) is 11.9. The number of benzene rings is 2. The molecule has 0 fully saturated rings. The molecule has 0 spiro atoms. The van der Waals surface area contributed by atoms with Crippen molar-refractivity contribution in [3.8, 4) is 11.5 Å². The van der Waals surface area contributed by atoms with Crippen molar-refractivity contribution >= 4 is 27.5 Å². The van der Waals surface area contributed by atoms with Crippen molar-refractivity contribution in [1.82, 2.24) is 5.32 Å². The highest BCUT2D eigenvalue weighted by atomic mass is 79.9. The second-order valence-corrected chi connectivity index (χ2v) is 6.01. The van der Waals surface area contributed by atoms with Gasteiger partial charge in [0.15, 0.2) is 11.5 Å². The third-order valence-corrected chi connectivity index (χ3v) is 4.24. The van der Waals surface area contributed by atoms with Gasteiger partial charge >= 0.3 is 0 Å². The molecule has 2 aromatic rings. The van der Waals surface area contributed by atoms with E-state index >= 15 is 0 Å². The normalized spacial score (nSPS) is 12.2. The number of ether oxygens (including phenoxy) is 1. The molecule has 0 saturated heterocycles. The topological polar surface area (TPSA) is 41.5 Å². The minimum atomic E-state index is 0.111. The molecule has 0 unspecified atom stereocenters. The highest BCUT2D eigenvalue weighted by molar-refractivity contribution is 9.10. The van der Waals surface area contributed by atoms with Gasteiger partial charge < -0.3 is 15.2 Å². The standard InChI is InChI=1S/C16H17BrClNO2/c1-10(12-5-3-4-6-14(12)18)19-9-11-7-13(17)16(20)15(8-11)21-2/h3-8,10,19-20H,9H2,1-2H3/t10-/m0/s1. The molecule has 0 amide bonds. The van der Waals surface area contributed by atoms with E-state index in [9.17, 15) is 5.11 Å². The Hall–Kier alpha value is -1.23. The molecular formula is C16H17BrClNO2. The molecule has 0 aliphatic heterocycles. The lowest BCUT2D eigenvalue weighted by Crippen LogP contribution is -2.18. The van der Waals surface area contributed by atoms with Crippen molar-refractivity contribution in [2.24, 2.45) is 0 Å². The first-order valence-electron chi connectivity index (χ1n) is 6.56. The summed E-state index contributed by atoms with van der Waals surface area (Å²) in [6.45, 7) is 2.70. The molecule has 1 atom stereocenters. The molecule has 0 aliphatic rings. The van der Waals surface area contributed by atoms with E-state index in [1.165, 1.54) is 7.11 Å². The Labute approximate surface area is 138 Å². The minimum absolute atomic E-state index is 0.111. The maximum Gasteiger partial charge on any atom is 0.172 e. The van der Waals surface area contributed by atoms with E-state index in [0.717, 1.165) is 16.1 Å². The number of rotatable bonds is 5. The Bertz CT molecular complexity index is 634. The van der Waals surface area contributed by atoms with Crippen LogP contribution in [0.25, 0.3) is 0 Å². The van der Waals surface area contributed by atoms with Crippen LogP contribution in [0, 0.1) is 0 Å². The fourth-order valence-electron chi connectivity index (χ4n) is 2.09. The van der Waals surface area contributed by atoms with Gasteiger partial charge in [-0.25, -0.2) is 0 Å². The number of phenolic OH excluding ortho intramolecular Hbond substituents is 1. The van der Waals surface area contributed by atoms with Crippen molar-refractivity contribution in [3.63, 3.8) is 0 Å². The van der Waals surface area contributed by atoms with Crippen LogP contribution in [0.4, 0.5) is 0 Å². The Morgan fingerprint density at radius 1 is 1.33 bits per heavy atom. The van der Waals surface area contributed by atoms with E-state index in [0.29, 0.717) is 16.8 Å². The summed E-state index contributed by atoms with van der Waals surface area (Å²) < 4.78 is 5.76. The number of aromatic hydroxyl groups is 1. The molecule has 5 heteroatoms. The molecule has 21 heavy (non-hydrogen) atoms. The summed E-state index contributed by atoms with van der Waals surface area (Å²) in [5.41, 5.74) is 2.07. The number of nitrogens with one attached hydrogen (secondary N) is 1. The largest absolute Gasteiger partial charge is 0.503 e. The lowest BCUT2D eigenvalue weighted by Gasteiger charge is -2.16. The molecule has 0 bridgehead atoms. The number of hydrogen-bond donors (Lipinski definition) is 2. The van der Waals surface area contributed by atoms with Crippen LogP contribution < -0.4 is 10.1 Å². The Morgan fingerprint density at radius 3 is 2.71 bits per heavy atom. The molecule has 3 nitrogen and oxygen atoms in total. The maximum absolute atomic E-state index is 9.80. The molecule has 0 aromatic heterocycles. The van der Waals surface area contributed by atoms with E-state index in [-0.39, 0.29) is 11.8 Å². The van der Waals surface area contributed by atoms with Gasteiger partial charge in [-0.15, -0.1) is 0 Å². The third kappa shape index (κ3) is 3.90. The second-order valence-electron chi connectivity index (χ2n) is 4.75. The molecule has 112 valence electrons. The fourth-order valence-corrected chi connectivity index (χ4v) is 2.88. The molecule has 0 radical (unpaired) electrons. The number of halogens is 2. The highest BCUT2D eigenvalue weighted by Gasteiger charge is 2.11. The van der Waals surface area contributed by atoms with Gasteiger partial charge in [-0.1, -0.05) is 29.8 Å². The Kier molecular flexibility index (Phi) is 5.51. The summed E-state index contributed by atoms with van der Waals surface area (Å²) in [6, 6.07) is 11.6. The summed E-state index contributed by atoms with van der Waals surface area (Å²) >= 11 is 9.52. The van der Waals surface area contributed by atoms with E-state index < -0.39 is 0 Å². The number of hydrogen-bond acceptors (Lipinski definition) is 3. The van der Waals surface area contributed by atoms with Crippen LogP contribution in [0.1, 0.15) is 24.1 Å². The summed E-state index contributed by atoms with van der Waals surface area (Å²) in [5.74, 6) is 0.562. The minimum Gasteiger partial charge on any atom is -0.503 e. The monoisotopic (exact) mass is 369 g/mol. The van der Waals surface area contributed by atoms with Crippen molar-refractivity contribution in [3.05, 3.63) is 57.0 Å². The van der Waals surface area contributed by atoms with Crippen LogP contribution in [0.15, 0.2) is 40.9 Å². The molecular weight excluding hydrogens is 354 g/mol. The maximum atomic E-state index is 9.80. The fraction of sp³-hybridized carbons (Fsp3) is 0.250. The third-order valence-electron chi connectivity index (χ3n) is 3.29. The molecule has 0 saturated carbocycles. The quantitative estimate of drug-likeness (QED) is 0.804. The van der Waals surface area contributed by atoms with Gasteiger partial charge in [0.1, 0.15) is 0 Å². The predicted octanol–water partition coefficient (Wildman–Crippen LogP) is 4.67. The average molecular weight is 371 g/mol. The first-order chi connectivity index (χ1) is 10.0. The van der Waals surface area contributed by atoms with Gasteiger partial charge in [0.2, 0.25) is 0 Å². The highest BCUT2D eigenvalue weighted by Crippen LogP contribution is 2.35. The number of phenols is 1. The van der Waals surface area contributed by atoms with E-state index in [1.807, 2.05) is 36.4 Å². The van der Waals surface area contributed by atoms with Gasteiger partial charge in [-0.3, -0.25) is 0 Å². The van der Waals surface area contributed by atoms with Crippen LogP contribution in [0.2, 0.25) is 5.02 Å². The Morgan fingerprint density at radius 2 is 2.05 bits per heavy atom. The second kappa shape index (κ2) is 7.16. The summed E-state index contributed by atoms with van der Waals surface area (Å²) in [5, 5.41) is 14.0. The van der Waals surface area contributed by atoms with E-state index in [2.05, 4.69) is 28.2 Å². The Balaban J connectivity index is 2.10. The van der Waals surface area contributed by atoms with Crippen molar-refractivity contribution in [2.75, 3.05) is 7.11 Å². The number of methoxy groups -OCH3 is 1. The van der Waals surface area contributed by atoms with Crippen LogP contribution in [-0.2, 0) is 6.54 Å². The van der Waals surface area contributed by atoms with Crippen molar-refractivity contribution < 1.29 is 9.84 Å². The zero-order valence-corrected chi connectivity index (χ0v) is 14.2. The lowest BCUT2D eigenvalue weighted by atomic mass is 10.1. The SMILES string of the molecule is COc1cc(CN[C@@H](C)c2ccccc2Cl)cc(Br)c1O. The van der Waals surface area contributed by atoms with Crippen molar-refractivity contribution in [2.45, 2.75) is 19.5 Å². The molecule has 2 aromatic carbocycles. The van der Waals surface area contributed by atoms with Crippen LogP contribution in [0.5, 0.6) is 11.5 Å². The lowest BCUT2D eigenvalue weighted by molar-refractivity contribution is 0.371. The summed E-state index contributed by atoms with van der Waals surface area (Å²) in [6.07, 6.45) is 0. The van der Waals surface area contributed by atoms with E-state index in [1.54, 1.807) is 0 Å². The van der Waals surface area contributed by atoms with Gasteiger partial charge in [0, 0.05) is 17.6 Å². The average Bonchev–Trinajstić information content (AvgIpc) is 2.48. The smallest absolute Gasteiger partial charge is 0.172 e. The summed E-state index contributed by atoms with van der Waals surface area (Å²) in [4.78, 5) is 0. The van der Waals surface area contributed by atoms with Gasteiger partial charge in [0.25, 0.3) is 0 Å². The zero-order chi connectivity index (χ0) is 15.4. The van der Waals surface area contributed by atoms with Crippen LogP contribution in [0.3, 0.4) is 0 Å². The summed E-state index contributed by atoms with van der Waals surface area (Å²) in [7, 11) is 1.53. The van der Waals surface area contributed by atoms with Gasteiger partial charge in [-0.2, -0.15) is 0 Å². The molecule has 2 N–H and O–H groups in total. The first-order valence-corrected chi connectivity index (χ1v) is 7.73. The predicted molar refractivity (Wildman–Crippen MR) is 89.1 cm³/mol. The van der Waals surface area contributed by atoms with Gasteiger partial charge in [0.05, 0.1) is 11.6 Å². The first kappa shape index (κ1) is 16.1. The van der Waals surface area contributed by atoms with E-state index in [4.69, 9.17) is 16.3 Å². The van der Waals surface area contributed by atoms with Crippen LogP contribution >= 0.6 is 27.5 Å². The molecule has 0 heterocycles. The molecule has 2 rings (SSSR count). The van der Waals surface area contributed by atoms with Gasteiger partial charge in [-0.05, 0) is 52.2 Å². The van der Waals surface area contributed by atoms with Crippen LogP contribution in [-0.4, -0.2) is 12.2 Å².